The molecule has 0 aromatic heterocycles. The molecule has 1 aromatic rings. The first-order chi connectivity index (χ1) is 10.3. The Morgan fingerprint density at radius 3 is 2.57 bits per heavy atom. The molecule has 1 aromatic carbocycles. The van der Waals surface area contributed by atoms with Crippen molar-refractivity contribution < 1.29 is 9.47 Å². The van der Waals surface area contributed by atoms with Crippen molar-refractivity contribution in [2.75, 3.05) is 26.3 Å². The second-order valence-corrected chi connectivity index (χ2v) is 5.26. The van der Waals surface area contributed by atoms with E-state index in [2.05, 4.69) is 17.9 Å². The number of nitrogens with zero attached hydrogens (tertiary/aromatic N) is 2. The van der Waals surface area contributed by atoms with Gasteiger partial charge >= 0.3 is 0 Å². The van der Waals surface area contributed by atoms with E-state index >= 15 is 0 Å². The lowest BCUT2D eigenvalue weighted by atomic mass is 10.1. The van der Waals surface area contributed by atoms with Crippen LogP contribution in [0.5, 0.6) is 11.5 Å². The summed E-state index contributed by atoms with van der Waals surface area (Å²) in [5.41, 5.74) is 0.992. The number of benzene rings is 1. The van der Waals surface area contributed by atoms with Crippen LogP contribution in [0.25, 0.3) is 0 Å². The zero-order chi connectivity index (χ0) is 15.1. The molecule has 0 radical (unpaired) electrons. The third-order valence-corrected chi connectivity index (χ3v) is 3.67. The molecule has 1 atom stereocenters. The second kappa shape index (κ2) is 7.90. The van der Waals surface area contributed by atoms with E-state index in [0.717, 1.165) is 36.6 Å². The van der Waals surface area contributed by atoms with Crippen molar-refractivity contribution >= 4 is 0 Å². The molecule has 0 N–H and O–H groups in total. The molecule has 0 saturated carbocycles. The van der Waals surface area contributed by atoms with Gasteiger partial charge in [0.25, 0.3) is 0 Å². The fourth-order valence-electron chi connectivity index (χ4n) is 2.66. The summed E-state index contributed by atoms with van der Waals surface area (Å²) in [4.78, 5) is 2.23. The van der Waals surface area contributed by atoms with Gasteiger partial charge in [-0.15, -0.1) is 0 Å². The predicted octanol–water partition coefficient (Wildman–Crippen LogP) is 3.53. The van der Waals surface area contributed by atoms with Crippen LogP contribution in [0.1, 0.15) is 44.7 Å². The Bertz CT molecular complexity index is 490. The Morgan fingerprint density at radius 2 is 1.95 bits per heavy atom. The molecule has 114 valence electrons. The van der Waals surface area contributed by atoms with Gasteiger partial charge in [0, 0.05) is 0 Å². The van der Waals surface area contributed by atoms with E-state index in [1.54, 1.807) is 0 Å². The van der Waals surface area contributed by atoms with Crippen LogP contribution in [0.4, 0.5) is 0 Å². The summed E-state index contributed by atoms with van der Waals surface area (Å²) in [7, 11) is 0. The van der Waals surface area contributed by atoms with Gasteiger partial charge in [-0.1, -0.05) is 13.0 Å². The van der Waals surface area contributed by atoms with E-state index in [1.807, 2.05) is 25.1 Å². The van der Waals surface area contributed by atoms with Crippen LogP contribution in [0, 0.1) is 11.3 Å². The minimum Gasteiger partial charge on any atom is -0.490 e. The molecule has 2 rings (SSSR count). The second-order valence-electron chi connectivity index (χ2n) is 5.26. The van der Waals surface area contributed by atoms with Gasteiger partial charge in [-0.05, 0) is 57.0 Å². The van der Waals surface area contributed by atoms with Crippen LogP contribution in [-0.2, 0) is 0 Å². The Morgan fingerprint density at radius 1 is 1.19 bits per heavy atom. The molecule has 21 heavy (non-hydrogen) atoms. The largest absolute Gasteiger partial charge is 0.490 e. The Kier molecular flexibility index (Phi) is 5.89. The molecular weight excluding hydrogens is 264 g/mol. The monoisotopic (exact) mass is 288 g/mol. The quantitative estimate of drug-likeness (QED) is 0.770. The van der Waals surface area contributed by atoms with Crippen molar-refractivity contribution in [1.82, 2.24) is 4.90 Å². The lowest BCUT2D eigenvalue weighted by molar-refractivity contribution is 0.272. The summed E-state index contributed by atoms with van der Waals surface area (Å²) >= 11 is 0. The molecule has 1 aliphatic rings. The maximum absolute atomic E-state index is 9.51. The summed E-state index contributed by atoms with van der Waals surface area (Å²) in [5, 5.41) is 9.51. The number of likely N-dealkylation sites (tertiary alicyclic amines) is 1. The van der Waals surface area contributed by atoms with Gasteiger partial charge < -0.3 is 9.47 Å². The molecule has 1 unspecified atom stereocenters. The van der Waals surface area contributed by atoms with Crippen molar-refractivity contribution in [3.63, 3.8) is 0 Å². The zero-order valence-electron chi connectivity index (χ0n) is 13.0. The van der Waals surface area contributed by atoms with Crippen molar-refractivity contribution in [2.45, 2.75) is 39.2 Å². The fourth-order valence-corrected chi connectivity index (χ4v) is 2.66. The number of ether oxygens (including phenoxy) is 2. The fraction of sp³-hybridized carbons (Fsp3) is 0.588. The summed E-state index contributed by atoms with van der Waals surface area (Å²) < 4.78 is 11.4. The Balaban J connectivity index is 2.22. The first kappa shape index (κ1) is 15.7. The molecule has 1 heterocycles. The number of nitriles is 1. The first-order valence-corrected chi connectivity index (χ1v) is 7.83. The molecule has 0 bridgehead atoms. The van der Waals surface area contributed by atoms with Crippen LogP contribution in [-0.4, -0.2) is 31.2 Å². The van der Waals surface area contributed by atoms with E-state index < -0.39 is 0 Å². The summed E-state index contributed by atoms with van der Waals surface area (Å²) in [5.74, 6) is 1.50. The van der Waals surface area contributed by atoms with E-state index in [0.29, 0.717) is 13.2 Å². The van der Waals surface area contributed by atoms with Gasteiger partial charge in [0.15, 0.2) is 11.5 Å². The molecule has 1 fully saturated rings. The van der Waals surface area contributed by atoms with E-state index in [9.17, 15) is 5.26 Å². The maximum Gasteiger partial charge on any atom is 0.161 e. The van der Waals surface area contributed by atoms with Gasteiger partial charge in [-0.2, -0.15) is 5.26 Å². The standard InChI is InChI=1S/C17H24N2O2/c1-3-11-21-16-8-7-14(12-17(16)20-4-2)15(13-18)19-9-5-6-10-19/h7-8,12,15H,3-6,9-11H2,1-2H3. The van der Waals surface area contributed by atoms with Crippen LogP contribution >= 0.6 is 0 Å². The van der Waals surface area contributed by atoms with Crippen molar-refractivity contribution in [3.05, 3.63) is 23.8 Å². The SMILES string of the molecule is CCCOc1ccc(C(C#N)N2CCCC2)cc1OCC. The number of hydrogen-bond acceptors (Lipinski definition) is 4. The highest BCUT2D eigenvalue weighted by molar-refractivity contribution is 5.45. The van der Waals surface area contributed by atoms with Crippen LogP contribution < -0.4 is 9.47 Å². The normalized spacial score (nSPS) is 16.4. The van der Waals surface area contributed by atoms with Crippen molar-refractivity contribution in [1.29, 1.82) is 5.26 Å². The minimum atomic E-state index is -0.188. The van der Waals surface area contributed by atoms with E-state index in [1.165, 1.54) is 12.8 Å². The van der Waals surface area contributed by atoms with Gasteiger partial charge in [-0.3, -0.25) is 4.90 Å². The van der Waals surface area contributed by atoms with E-state index in [4.69, 9.17) is 9.47 Å². The highest BCUT2D eigenvalue weighted by atomic mass is 16.5. The lowest BCUT2D eigenvalue weighted by Crippen LogP contribution is -2.24. The van der Waals surface area contributed by atoms with Gasteiger partial charge in [0.1, 0.15) is 6.04 Å². The number of hydrogen-bond donors (Lipinski definition) is 0. The zero-order valence-corrected chi connectivity index (χ0v) is 13.0. The van der Waals surface area contributed by atoms with Gasteiger partial charge in [0.2, 0.25) is 0 Å². The predicted molar refractivity (Wildman–Crippen MR) is 82.6 cm³/mol. The van der Waals surface area contributed by atoms with Crippen molar-refractivity contribution in [2.24, 2.45) is 0 Å². The molecular formula is C17H24N2O2. The van der Waals surface area contributed by atoms with Crippen LogP contribution in [0.3, 0.4) is 0 Å². The molecule has 0 aliphatic carbocycles. The van der Waals surface area contributed by atoms with Crippen molar-refractivity contribution in [3.8, 4) is 17.6 Å². The topological polar surface area (TPSA) is 45.5 Å². The minimum absolute atomic E-state index is 0.188. The summed E-state index contributed by atoms with van der Waals surface area (Å²) in [6.45, 7) is 7.29. The molecule has 0 amide bonds. The Hall–Kier alpha value is -1.73. The first-order valence-electron chi connectivity index (χ1n) is 7.83. The van der Waals surface area contributed by atoms with Crippen LogP contribution in [0.15, 0.2) is 18.2 Å². The van der Waals surface area contributed by atoms with Gasteiger partial charge in [-0.25, -0.2) is 0 Å². The maximum atomic E-state index is 9.51. The third-order valence-electron chi connectivity index (χ3n) is 3.67. The lowest BCUT2D eigenvalue weighted by Gasteiger charge is -2.22. The molecule has 4 heteroatoms. The smallest absolute Gasteiger partial charge is 0.161 e. The summed E-state index contributed by atoms with van der Waals surface area (Å²) in [6, 6.07) is 8.11. The van der Waals surface area contributed by atoms with E-state index in [-0.39, 0.29) is 6.04 Å². The van der Waals surface area contributed by atoms with Gasteiger partial charge in [0.05, 0.1) is 19.3 Å². The third kappa shape index (κ3) is 3.89. The molecule has 0 spiro atoms. The highest BCUT2D eigenvalue weighted by Crippen LogP contribution is 2.33. The number of rotatable bonds is 7. The van der Waals surface area contributed by atoms with Crippen LogP contribution in [0.2, 0.25) is 0 Å². The average molecular weight is 288 g/mol. The average Bonchev–Trinajstić information content (AvgIpc) is 3.02. The Labute approximate surface area is 127 Å². The summed E-state index contributed by atoms with van der Waals surface area (Å²) in [6.07, 6.45) is 3.31. The highest BCUT2D eigenvalue weighted by Gasteiger charge is 2.24. The molecule has 1 aliphatic heterocycles. The molecule has 1 saturated heterocycles. The molecule has 4 nitrogen and oxygen atoms in total.